The van der Waals surface area contributed by atoms with Crippen molar-refractivity contribution >= 4 is 22.6 Å². The molecule has 0 saturated heterocycles. The monoisotopic (exact) mass is 218 g/mol. The second-order valence-corrected chi connectivity index (χ2v) is 3.65. The van der Waals surface area contributed by atoms with Crippen molar-refractivity contribution in [3.63, 3.8) is 0 Å². The van der Waals surface area contributed by atoms with E-state index in [0.717, 1.165) is 16.7 Å². The van der Waals surface area contributed by atoms with Gasteiger partial charge in [-0.25, -0.2) is 4.98 Å². The van der Waals surface area contributed by atoms with Crippen molar-refractivity contribution in [1.29, 1.82) is 0 Å². The molecule has 0 fully saturated rings. The van der Waals surface area contributed by atoms with Crippen LogP contribution in [0.2, 0.25) is 0 Å². The van der Waals surface area contributed by atoms with Gasteiger partial charge in [-0.15, -0.1) is 0 Å². The topological polar surface area (TPSA) is 72.9 Å². The maximum atomic E-state index is 11.3. The maximum absolute atomic E-state index is 11.3. The molecule has 5 nitrogen and oxygen atoms in total. The molecular formula is C11H14N4O. The lowest BCUT2D eigenvalue weighted by Crippen LogP contribution is -2.16. The average molecular weight is 218 g/mol. The highest BCUT2D eigenvalue weighted by Gasteiger charge is 2.03. The Balaban J connectivity index is 2.23. The van der Waals surface area contributed by atoms with Crippen molar-refractivity contribution in [2.75, 3.05) is 11.9 Å². The second-order valence-electron chi connectivity index (χ2n) is 3.65. The normalized spacial score (nSPS) is 10.6. The van der Waals surface area contributed by atoms with Gasteiger partial charge in [-0.2, -0.15) is 0 Å². The van der Waals surface area contributed by atoms with Gasteiger partial charge in [0, 0.05) is 25.7 Å². The standard InChI is InChI=1S/C11H14N4O/c1-15-7-13-9-6-8(2-3-10(9)15)14-11(16)4-5-12/h2-3,6-7H,4-5,12H2,1H3,(H,14,16). The molecule has 1 amide bonds. The zero-order valence-electron chi connectivity index (χ0n) is 9.10. The fourth-order valence-corrected chi connectivity index (χ4v) is 1.57. The van der Waals surface area contributed by atoms with Crippen molar-refractivity contribution < 1.29 is 4.79 Å². The molecule has 84 valence electrons. The number of nitrogens with one attached hydrogen (secondary N) is 1. The molecule has 0 unspecified atom stereocenters. The number of hydrogen-bond acceptors (Lipinski definition) is 3. The first-order chi connectivity index (χ1) is 7.70. The number of aryl methyl sites for hydroxylation is 1. The van der Waals surface area contributed by atoms with Crippen LogP contribution in [0.15, 0.2) is 24.5 Å². The van der Waals surface area contributed by atoms with E-state index in [0.29, 0.717) is 13.0 Å². The minimum absolute atomic E-state index is 0.0715. The Bertz CT molecular complexity index is 518. The summed E-state index contributed by atoms with van der Waals surface area (Å²) in [5, 5.41) is 2.78. The van der Waals surface area contributed by atoms with Crippen LogP contribution in [0.4, 0.5) is 5.69 Å². The van der Waals surface area contributed by atoms with E-state index in [4.69, 9.17) is 5.73 Å². The minimum atomic E-state index is -0.0715. The SMILES string of the molecule is Cn1cnc2cc(NC(=O)CCN)ccc21. The van der Waals surface area contributed by atoms with Crippen LogP contribution in [0.1, 0.15) is 6.42 Å². The molecule has 1 heterocycles. The van der Waals surface area contributed by atoms with E-state index in [1.807, 2.05) is 29.8 Å². The van der Waals surface area contributed by atoms with Crippen LogP contribution in [0, 0.1) is 0 Å². The molecule has 5 heteroatoms. The number of hydrogen-bond donors (Lipinski definition) is 2. The van der Waals surface area contributed by atoms with Gasteiger partial charge in [-0.3, -0.25) is 4.79 Å². The summed E-state index contributed by atoms with van der Waals surface area (Å²) in [6, 6.07) is 5.64. The van der Waals surface area contributed by atoms with Crippen molar-refractivity contribution in [2.24, 2.45) is 12.8 Å². The van der Waals surface area contributed by atoms with E-state index in [9.17, 15) is 4.79 Å². The number of nitrogens with zero attached hydrogens (tertiary/aromatic N) is 2. The Kier molecular flexibility index (Phi) is 2.87. The molecular weight excluding hydrogens is 204 g/mol. The number of nitrogens with two attached hydrogens (primary N) is 1. The molecule has 0 aliphatic carbocycles. The Labute approximate surface area is 93.3 Å². The number of aromatic nitrogens is 2. The number of fused-ring (bicyclic) bond motifs is 1. The molecule has 0 aliphatic heterocycles. The van der Waals surface area contributed by atoms with E-state index in [1.54, 1.807) is 6.33 Å². The average Bonchev–Trinajstić information content (AvgIpc) is 2.60. The van der Waals surface area contributed by atoms with Crippen LogP contribution >= 0.6 is 0 Å². The van der Waals surface area contributed by atoms with Crippen molar-refractivity contribution in [2.45, 2.75) is 6.42 Å². The molecule has 0 aliphatic rings. The molecule has 0 atom stereocenters. The summed E-state index contributed by atoms with van der Waals surface area (Å²) in [6.45, 7) is 0.359. The van der Waals surface area contributed by atoms with Crippen LogP contribution in [0.5, 0.6) is 0 Å². The molecule has 0 spiro atoms. The number of benzene rings is 1. The van der Waals surface area contributed by atoms with E-state index in [-0.39, 0.29) is 5.91 Å². The van der Waals surface area contributed by atoms with Gasteiger partial charge in [0.05, 0.1) is 17.4 Å². The summed E-state index contributed by atoms with van der Waals surface area (Å²) in [6.07, 6.45) is 2.08. The molecule has 3 N–H and O–H groups in total. The summed E-state index contributed by atoms with van der Waals surface area (Å²) in [4.78, 5) is 15.6. The summed E-state index contributed by atoms with van der Waals surface area (Å²) < 4.78 is 1.93. The lowest BCUT2D eigenvalue weighted by atomic mass is 10.2. The van der Waals surface area contributed by atoms with Gasteiger partial charge in [0.2, 0.25) is 5.91 Å². The van der Waals surface area contributed by atoms with Gasteiger partial charge in [-0.05, 0) is 18.2 Å². The Hall–Kier alpha value is -1.88. The molecule has 0 saturated carbocycles. The van der Waals surface area contributed by atoms with Crippen molar-refractivity contribution in [1.82, 2.24) is 9.55 Å². The fraction of sp³-hybridized carbons (Fsp3) is 0.273. The van der Waals surface area contributed by atoms with E-state index >= 15 is 0 Å². The molecule has 2 rings (SSSR count). The van der Waals surface area contributed by atoms with Crippen LogP contribution < -0.4 is 11.1 Å². The Morgan fingerprint density at radius 3 is 3.12 bits per heavy atom. The van der Waals surface area contributed by atoms with Crippen LogP contribution in [0.3, 0.4) is 0 Å². The highest BCUT2D eigenvalue weighted by molar-refractivity contribution is 5.93. The zero-order valence-corrected chi connectivity index (χ0v) is 9.10. The van der Waals surface area contributed by atoms with Gasteiger partial charge in [0.15, 0.2) is 0 Å². The molecule has 0 radical (unpaired) electrons. The van der Waals surface area contributed by atoms with Gasteiger partial charge in [0.1, 0.15) is 0 Å². The number of imidazole rings is 1. The first kappa shape index (κ1) is 10.6. The number of carbonyl (C=O) groups excluding carboxylic acids is 1. The zero-order chi connectivity index (χ0) is 11.5. The third-order valence-electron chi connectivity index (χ3n) is 2.38. The smallest absolute Gasteiger partial charge is 0.225 e. The summed E-state index contributed by atoms with van der Waals surface area (Å²) in [5.41, 5.74) is 7.96. The van der Waals surface area contributed by atoms with Gasteiger partial charge in [0.25, 0.3) is 0 Å². The largest absolute Gasteiger partial charge is 0.334 e. The second kappa shape index (κ2) is 4.32. The number of rotatable bonds is 3. The van der Waals surface area contributed by atoms with E-state index in [1.165, 1.54) is 0 Å². The summed E-state index contributed by atoms with van der Waals surface area (Å²) >= 11 is 0. The third-order valence-corrected chi connectivity index (χ3v) is 2.38. The quantitative estimate of drug-likeness (QED) is 0.802. The highest BCUT2D eigenvalue weighted by atomic mass is 16.1. The number of amides is 1. The van der Waals surface area contributed by atoms with Crippen molar-refractivity contribution in [3.05, 3.63) is 24.5 Å². The van der Waals surface area contributed by atoms with Crippen LogP contribution in [0.25, 0.3) is 11.0 Å². The lowest BCUT2D eigenvalue weighted by Gasteiger charge is -2.04. The predicted molar refractivity (Wildman–Crippen MR) is 63.0 cm³/mol. The summed E-state index contributed by atoms with van der Waals surface area (Å²) in [7, 11) is 1.93. The first-order valence-electron chi connectivity index (χ1n) is 5.11. The summed E-state index contributed by atoms with van der Waals surface area (Å²) in [5.74, 6) is -0.0715. The fourth-order valence-electron chi connectivity index (χ4n) is 1.57. The highest BCUT2D eigenvalue weighted by Crippen LogP contribution is 2.17. The molecule has 1 aromatic carbocycles. The third kappa shape index (κ3) is 2.04. The molecule has 16 heavy (non-hydrogen) atoms. The van der Waals surface area contributed by atoms with Crippen LogP contribution in [-0.2, 0) is 11.8 Å². The van der Waals surface area contributed by atoms with Gasteiger partial charge >= 0.3 is 0 Å². The first-order valence-corrected chi connectivity index (χ1v) is 5.11. The van der Waals surface area contributed by atoms with E-state index in [2.05, 4.69) is 10.3 Å². The minimum Gasteiger partial charge on any atom is -0.334 e. The number of carbonyl (C=O) groups is 1. The van der Waals surface area contributed by atoms with Gasteiger partial charge < -0.3 is 15.6 Å². The molecule has 2 aromatic rings. The van der Waals surface area contributed by atoms with Crippen LogP contribution in [-0.4, -0.2) is 22.0 Å². The molecule has 0 bridgehead atoms. The van der Waals surface area contributed by atoms with E-state index < -0.39 is 0 Å². The van der Waals surface area contributed by atoms with Gasteiger partial charge in [-0.1, -0.05) is 0 Å². The number of anilines is 1. The lowest BCUT2D eigenvalue weighted by molar-refractivity contribution is -0.116. The Morgan fingerprint density at radius 2 is 2.38 bits per heavy atom. The maximum Gasteiger partial charge on any atom is 0.225 e. The molecule has 1 aromatic heterocycles. The van der Waals surface area contributed by atoms with Crippen molar-refractivity contribution in [3.8, 4) is 0 Å². The predicted octanol–water partition coefficient (Wildman–Crippen LogP) is 0.861. The Morgan fingerprint density at radius 1 is 1.56 bits per heavy atom.